The zero-order chi connectivity index (χ0) is 13.8. The number of anilines is 1. The van der Waals surface area contributed by atoms with Gasteiger partial charge in [-0.1, -0.05) is 11.6 Å². The van der Waals surface area contributed by atoms with Crippen molar-refractivity contribution in [2.24, 2.45) is 0 Å². The van der Waals surface area contributed by atoms with Crippen LogP contribution in [-0.4, -0.2) is 46.0 Å². The highest BCUT2D eigenvalue weighted by Crippen LogP contribution is 2.13. The Balaban J connectivity index is 1.56. The molecule has 1 aliphatic rings. The van der Waals surface area contributed by atoms with Gasteiger partial charge in [-0.2, -0.15) is 0 Å². The third-order valence-corrected chi connectivity index (χ3v) is 3.61. The van der Waals surface area contributed by atoms with Crippen molar-refractivity contribution in [2.75, 3.05) is 31.1 Å². The minimum Gasteiger partial charge on any atom is -0.338 e. The van der Waals surface area contributed by atoms with Crippen molar-refractivity contribution in [3.8, 4) is 0 Å². The third kappa shape index (κ3) is 3.23. The molecule has 1 saturated heterocycles. The first-order chi connectivity index (χ1) is 9.81. The average molecular weight is 290 g/mol. The zero-order valence-electron chi connectivity index (χ0n) is 11.1. The molecule has 20 heavy (non-hydrogen) atoms. The fourth-order valence-corrected chi connectivity index (χ4v) is 2.56. The molecule has 0 aliphatic carbocycles. The topological polar surface area (TPSA) is 45.2 Å². The van der Waals surface area contributed by atoms with Gasteiger partial charge >= 0.3 is 0 Å². The molecule has 5 nitrogen and oxygen atoms in total. The number of aromatic nitrogens is 3. The molecule has 2 aromatic rings. The fourth-order valence-electron chi connectivity index (χ4n) is 2.36. The highest BCUT2D eigenvalue weighted by molar-refractivity contribution is 6.29. The van der Waals surface area contributed by atoms with Crippen LogP contribution in [0.5, 0.6) is 0 Å². The van der Waals surface area contributed by atoms with Gasteiger partial charge in [-0.05, 0) is 23.8 Å². The minimum atomic E-state index is 0.554. The lowest BCUT2D eigenvalue weighted by Gasteiger charge is -2.34. The van der Waals surface area contributed by atoms with Crippen molar-refractivity contribution in [1.29, 1.82) is 0 Å². The zero-order valence-corrected chi connectivity index (χ0v) is 11.9. The lowest BCUT2D eigenvalue weighted by atomic mass is 10.2. The van der Waals surface area contributed by atoms with E-state index in [2.05, 4.69) is 24.8 Å². The summed E-state index contributed by atoms with van der Waals surface area (Å²) in [5.41, 5.74) is 1.20. The summed E-state index contributed by atoms with van der Waals surface area (Å²) in [6.45, 7) is 4.80. The van der Waals surface area contributed by atoms with E-state index in [1.54, 1.807) is 18.6 Å². The van der Waals surface area contributed by atoms with Crippen molar-refractivity contribution in [2.45, 2.75) is 6.54 Å². The molecule has 0 aromatic carbocycles. The van der Waals surface area contributed by atoms with E-state index in [0.717, 1.165) is 38.7 Å². The average Bonchev–Trinajstić information content (AvgIpc) is 2.49. The molecule has 0 amide bonds. The van der Waals surface area contributed by atoms with E-state index in [-0.39, 0.29) is 0 Å². The first kappa shape index (κ1) is 13.3. The Hall–Kier alpha value is -1.72. The lowest BCUT2D eigenvalue weighted by Crippen LogP contribution is -2.46. The molecular weight excluding hydrogens is 274 g/mol. The standard InChI is InChI=1S/C14H16ClN5/c15-13-10-12(2-5-16-13)11-19-6-8-20(9-7-19)14-17-3-1-4-18-14/h1-5,10H,6-9,11H2. The largest absolute Gasteiger partial charge is 0.338 e. The SMILES string of the molecule is Clc1cc(CN2CCN(c3ncccn3)CC2)ccn1. The van der Waals surface area contributed by atoms with Crippen LogP contribution in [0.3, 0.4) is 0 Å². The number of nitrogens with zero attached hydrogens (tertiary/aromatic N) is 5. The normalized spacial score (nSPS) is 16.4. The molecule has 104 valence electrons. The van der Waals surface area contributed by atoms with Crippen molar-refractivity contribution in [3.63, 3.8) is 0 Å². The molecule has 3 heterocycles. The van der Waals surface area contributed by atoms with Gasteiger partial charge in [0.25, 0.3) is 0 Å². The molecule has 0 N–H and O–H groups in total. The second-order valence-electron chi connectivity index (χ2n) is 4.80. The van der Waals surface area contributed by atoms with Crippen LogP contribution in [0.25, 0.3) is 0 Å². The van der Waals surface area contributed by atoms with Crippen LogP contribution in [-0.2, 0) is 6.54 Å². The Labute approximate surface area is 123 Å². The van der Waals surface area contributed by atoms with Crippen LogP contribution in [0.2, 0.25) is 5.15 Å². The highest BCUT2D eigenvalue weighted by atomic mass is 35.5. The van der Waals surface area contributed by atoms with Gasteiger partial charge < -0.3 is 4.90 Å². The quantitative estimate of drug-likeness (QED) is 0.807. The summed E-state index contributed by atoms with van der Waals surface area (Å²) in [6, 6.07) is 5.78. The summed E-state index contributed by atoms with van der Waals surface area (Å²) in [5, 5.41) is 0.554. The molecule has 1 aliphatic heterocycles. The second-order valence-corrected chi connectivity index (χ2v) is 5.19. The van der Waals surface area contributed by atoms with Crippen LogP contribution < -0.4 is 4.90 Å². The Morgan fingerprint density at radius 1 is 1.00 bits per heavy atom. The second kappa shape index (κ2) is 6.15. The molecule has 0 saturated carbocycles. The van der Waals surface area contributed by atoms with E-state index in [1.165, 1.54) is 5.56 Å². The minimum absolute atomic E-state index is 0.554. The van der Waals surface area contributed by atoms with Crippen LogP contribution in [0.1, 0.15) is 5.56 Å². The summed E-state index contributed by atoms with van der Waals surface area (Å²) in [4.78, 5) is 17.2. The van der Waals surface area contributed by atoms with Gasteiger partial charge in [-0.15, -0.1) is 0 Å². The predicted molar refractivity (Wildman–Crippen MR) is 78.8 cm³/mol. The fraction of sp³-hybridized carbons (Fsp3) is 0.357. The molecule has 2 aromatic heterocycles. The van der Waals surface area contributed by atoms with Crippen LogP contribution in [0.15, 0.2) is 36.8 Å². The molecule has 0 unspecified atom stereocenters. The maximum atomic E-state index is 5.91. The van der Waals surface area contributed by atoms with Crippen molar-refractivity contribution >= 4 is 17.5 Å². The van der Waals surface area contributed by atoms with Gasteiger partial charge in [0.2, 0.25) is 5.95 Å². The number of pyridine rings is 1. The van der Waals surface area contributed by atoms with E-state index >= 15 is 0 Å². The Bertz CT molecular complexity index is 555. The first-order valence-corrected chi connectivity index (χ1v) is 7.04. The first-order valence-electron chi connectivity index (χ1n) is 6.66. The number of halogens is 1. The molecule has 0 spiro atoms. The van der Waals surface area contributed by atoms with E-state index in [0.29, 0.717) is 5.15 Å². The van der Waals surface area contributed by atoms with Crippen LogP contribution in [0, 0.1) is 0 Å². The number of piperazine rings is 1. The van der Waals surface area contributed by atoms with Gasteiger partial charge in [-0.3, -0.25) is 4.90 Å². The van der Waals surface area contributed by atoms with Gasteiger partial charge in [0, 0.05) is 51.3 Å². The van der Waals surface area contributed by atoms with Gasteiger partial charge in [0.15, 0.2) is 0 Å². The summed E-state index contributed by atoms with van der Waals surface area (Å²) in [6.07, 6.45) is 5.33. The Morgan fingerprint density at radius 2 is 1.75 bits per heavy atom. The highest BCUT2D eigenvalue weighted by Gasteiger charge is 2.18. The lowest BCUT2D eigenvalue weighted by molar-refractivity contribution is 0.248. The van der Waals surface area contributed by atoms with Crippen molar-refractivity contribution in [1.82, 2.24) is 19.9 Å². The maximum absolute atomic E-state index is 5.91. The Kier molecular flexibility index (Phi) is 4.08. The summed E-state index contributed by atoms with van der Waals surface area (Å²) >= 11 is 5.91. The summed E-state index contributed by atoms with van der Waals surface area (Å²) in [5.74, 6) is 0.819. The number of hydrogen-bond donors (Lipinski definition) is 0. The molecule has 0 radical (unpaired) electrons. The molecule has 1 fully saturated rings. The van der Waals surface area contributed by atoms with Crippen molar-refractivity contribution in [3.05, 3.63) is 47.5 Å². The Morgan fingerprint density at radius 3 is 2.45 bits per heavy atom. The van der Waals surface area contributed by atoms with Crippen molar-refractivity contribution < 1.29 is 0 Å². The molecule has 6 heteroatoms. The monoisotopic (exact) mass is 289 g/mol. The van der Waals surface area contributed by atoms with Gasteiger partial charge in [0.05, 0.1) is 0 Å². The summed E-state index contributed by atoms with van der Waals surface area (Å²) < 4.78 is 0. The number of rotatable bonds is 3. The van der Waals surface area contributed by atoms with Crippen LogP contribution >= 0.6 is 11.6 Å². The molecule has 0 atom stereocenters. The number of hydrogen-bond acceptors (Lipinski definition) is 5. The molecule has 0 bridgehead atoms. The smallest absolute Gasteiger partial charge is 0.225 e. The predicted octanol–water partition coefficient (Wildman–Crippen LogP) is 1.85. The van der Waals surface area contributed by atoms with Gasteiger partial charge in [-0.25, -0.2) is 15.0 Å². The maximum Gasteiger partial charge on any atom is 0.225 e. The third-order valence-electron chi connectivity index (χ3n) is 3.40. The van der Waals surface area contributed by atoms with E-state index in [4.69, 9.17) is 11.6 Å². The van der Waals surface area contributed by atoms with E-state index in [9.17, 15) is 0 Å². The van der Waals surface area contributed by atoms with E-state index < -0.39 is 0 Å². The van der Waals surface area contributed by atoms with E-state index in [1.807, 2.05) is 18.2 Å². The molecule has 3 rings (SSSR count). The summed E-state index contributed by atoms with van der Waals surface area (Å²) in [7, 11) is 0. The molecular formula is C14H16ClN5. The van der Waals surface area contributed by atoms with Gasteiger partial charge in [0.1, 0.15) is 5.15 Å². The van der Waals surface area contributed by atoms with Crippen LogP contribution in [0.4, 0.5) is 5.95 Å².